The summed E-state index contributed by atoms with van der Waals surface area (Å²) in [5.74, 6) is -1.31. The Morgan fingerprint density at radius 1 is 1.00 bits per heavy atom. The van der Waals surface area contributed by atoms with Gasteiger partial charge >= 0.3 is 0 Å². The quantitative estimate of drug-likeness (QED) is 0.549. The highest BCUT2D eigenvalue weighted by atomic mass is 35.5. The molecule has 0 aliphatic carbocycles. The molecule has 0 fully saturated rings. The normalized spacial score (nSPS) is 10.5. The summed E-state index contributed by atoms with van der Waals surface area (Å²) in [6.07, 6.45) is 1.79. The van der Waals surface area contributed by atoms with Crippen LogP contribution >= 0.6 is 11.6 Å². The summed E-state index contributed by atoms with van der Waals surface area (Å²) < 4.78 is 1.76. The monoisotopic (exact) mass is 352 g/mol. The number of ketones is 1. The van der Waals surface area contributed by atoms with Crippen molar-refractivity contribution in [2.75, 3.05) is 5.32 Å². The minimum absolute atomic E-state index is 0.338. The number of nitrogens with one attached hydrogen (secondary N) is 1. The number of hydrogen-bond acceptors (Lipinski definition) is 2. The SMILES string of the molecule is Cc1ccc(Cn2cccc2C(=O)C(=O)Nc2ccccc2Cl)cc1. The molecule has 3 aromatic rings. The number of carbonyl (C=O) groups is 2. The molecule has 3 rings (SSSR count). The highest BCUT2D eigenvalue weighted by molar-refractivity contribution is 6.47. The van der Waals surface area contributed by atoms with Crippen LogP contribution < -0.4 is 5.32 Å². The second-order valence-corrected chi connectivity index (χ2v) is 6.18. The number of hydrogen-bond donors (Lipinski definition) is 1. The first-order chi connectivity index (χ1) is 12.0. The van der Waals surface area contributed by atoms with Gasteiger partial charge in [-0.3, -0.25) is 9.59 Å². The molecule has 1 amide bonds. The van der Waals surface area contributed by atoms with Crippen LogP contribution in [0.3, 0.4) is 0 Å². The van der Waals surface area contributed by atoms with Gasteiger partial charge in [-0.2, -0.15) is 0 Å². The van der Waals surface area contributed by atoms with Gasteiger partial charge in [-0.1, -0.05) is 53.6 Å². The Morgan fingerprint density at radius 3 is 2.44 bits per heavy atom. The summed E-state index contributed by atoms with van der Waals surface area (Å²) in [6.45, 7) is 2.54. The molecule has 0 aliphatic rings. The van der Waals surface area contributed by atoms with Crippen LogP contribution in [0.2, 0.25) is 5.02 Å². The molecule has 5 heteroatoms. The molecule has 0 saturated carbocycles. The topological polar surface area (TPSA) is 51.1 Å². The predicted octanol–water partition coefficient (Wildman–Crippen LogP) is 4.32. The van der Waals surface area contributed by atoms with Crippen LogP contribution in [-0.2, 0) is 11.3 Å². The second kappa shape index (κ2) is 7.36. The fourth-order valence-corrected chi connectivity index (χ4v) is 2.69. The van der Waals surface area contributed by atoms with Crippen LogP contribution in [0.5, 0.6) is 0 Å². The Labute approximate surface area is 151 Å². The molecule has 1 aromatic heterocycles. The highest BCUT2D eigenvalue weighted by Gasteiger charge is 2.20. The summed E-state index contributed by atoms with van der Waals surface area (Å²) in [6, 6.07) is 18.3. The number of halogens is 1. The molecule has 0 bridgehead atoms. The number of anilines is 1. The van der Waals surface area contributed by atoms with Crippen molar-refractivity contribution in [3.8, 4) is 0 Å². The van der Waals surface area contributed by atoms with Crippen molar-refractivity contribution in [1.29, 1.82) is 0 Å². The second-order valence-electron chi connectivity index (χ2n) is 5.77. The fourth-order valence-electron chi connectivity index (χ4n) is 2.51. The maximum Gasteiger partial charge on any atom is 0.298 e. The number of nitrogens with zero attached hydrogens (tertiary/aromatic N) is 1. The number of amides is 1. The summed E-state index contributed by atoms with van der Waals surface area (Å²) in [7, 11) is 0. The van der Waals surface area contributed by atoms with Gasteiger partial charge in [-0.05, 0) is 36.8 Å². The van der Waals surface area contributed by atoms with Crippen molar-refractivity contribution in [3.63, 3.8) is 0 Å². The summed E-state index contributed by atoms with van der Waals surface area (Å²) in [5, 5.41) is 2.95. The van der Waals surface area contributed by atoms with Crippen LogP contribution in [0.4, 0.5) is 5.69 Å². The van der Waals surface area contributed by atoms with E-state index in [1.54, 1.807) is 47.2 Å². The Bertz CT molecular complexity index is 913. The third-order valence-corrected chi connectivity index (χ3v) is 4.19. The van der Waals surface area contributed by atoms with E-state index in [0.29, 0.717) is 22.9 Å². The smallest absolute Gasteiger partial charge is 0.298 e. The molecular weight excluding hydrogens is 336 g/mol. The largest absolute Gasteiger partial charge is 0.340 e. The van der Waals surface area contributed by atoms with Crippen LogP contribution in [0.25, 0.3) is 0 Å². The lowest BCUT2D eigenvalue weighted by molar-refractivity contribution is -0.112. The maximum absolute atomic E-state index is 12.5. The lowest BCUT2D eigenvalue weighted by Gasteiger charge is -2.10. The first kappa shape index (κ1) is 17.0. The zero-order valence-electron chi connectivity index (χ0n) is 13.7. The van der Waals surface area contributed by atoms with E-state index in [-0.39, 0.29) is 0 Å². The molecule has 1 N–H and O–H groups in total. The van der Waals surface area contributed by atoms with Gasteiger partial charge in [0.25, 0.3) is 11.7 Å². The van der Waals surface area contributed by atoms with Crippen LogP contribution in [-0.4, -0.2) is 16.3 Å². The average molecular weight is 353 g/mol. The van der Waals surface area contributed by atoms with Crippen LogP contribution in [0, 0.1) is 6.92 Å². The van der Waals surface area contributed by atoms with Gasteiger partial charge in [0.15, 0.2) is 0 Å². The lowest BCUT2D eigenvalue weighted by Crippen LogP contribution is -2.25. The number of benzene rings is 2. The number of aryl methyl sites for hydroxylation is 1. The molecule has 126 valence electrons. The number of para-hydroxylation sites is 1. The van der Waals surface area contributed by atoms with E-state index in [4.69, 9.17) is 11.6 Å². The molecule has 0 spiro atoms. The molecule has 0 saturated heterocycles. The molecule has 25 heavy (non-hydrogen) atoms. The third kappa shape index (κ3) is 3.98. The Morgan fingerprint density at radius 2 is 1.72 bits per heavy atom. The average Bonchev–Trinajstić information content (AvgIpc) is 3.06. The first-order valence-corrected chi connectivity index (χ1v) is 8.23. The Balaban J connectivity index is 1.77. The van der Waals surface area contributed by atoms with Gasteiger partial charge in [0.05, 0.1) is 16.4 Å². The molecule has 4 nitrogen and oxygen atoms in total. The molecular formula is C20H17ClN2O2. The van der Waals surface area contributed by atoms with Gasteiger partial charge in [0.1, 0.15) is 0 Å². The molecule has 0 unspecified atom stereocenters. The van der Waals surface area contributed by atoms with Gasteiger partial charge in [0.2, 0.25) is 0 Å². The third-order valence-electron chi connectivity index (χ3n) is 3.86. The van der Waals surface area contributed by atoms with E-state index in [1.807, 2.05) is 31.2 Å². The van der Waals surface area contributed by atoms with Crippen molar-refractivity contribution in [1.82, 2.24) is 4.57 Å². The van der Waals surface area contributed by atoms with E-state index in [1.165, 1.54) is 5.56 Å². The first-order valence-electron chi connectivity index (χ1n) is 7.85. The molecule has 0 aliphatic heterocycles. The maximum atomic E-state index is 12.5. The highest BCUT2D eigenvalue weighted by Crippen LogP contribution is 2.20. The van der Waals surface area contributed by atoms with Crippen molar-refractivity contribution < 1.29 is 9.59 Å². The standard InChI is InChI=1S/C20H17ClN2O2/c1-14-8-10-15(11-9-14)13-23-12-4-7-18(23)19(24)20(25)22-17-6-3-2-5-16(17)21/h2-12H,13H2,1H3,(H,22,25). The zero-order chi connectivity index (χ0) is 17.8. The van der Waals surface area contributed by atoms with E-state index in [2.05, 4.69) is 5.32 Å². The molecule has 1 heterocycles. The molecule has 2 aromatic carbocycles. The minimum atomic E-state index is -0.711. The number of carbonyl (C=O) groups excluding carboxylic acids is 2. The predicted molar refractivity (Wildman–Crippen MR) is 99.1 cm³/mol. The Hall–Kier alpha value is -2.85. The van der Waals surface area contributed by atoms with Gasteiger partial charge < -0.3 is 9.88 Å². The number of aromatic nitrogens is 1. The zero-order valence-corrected chi connectivity index (χ0v) is 14.5. The summed E-state index contributed by atoms with van der Waals surface area (Å²) >= 11 is 6.02. The van der Waals surface area contributed by atoms with Crippen molar-refractivity contribution in [2.45, 2.75) is 13.5 Å². The molecule has 0 atom stereocenters. The molecule has 0 radical (unpaired) electrons. The van der Waals surface area contributed by atoms with Gasteiger partial charge in [-0.25, -0.2) is 0 Å². The fraction of sp³-hybridized carbons (Fsp3) is 0.100. The number of Topliss-reactive ketones (excluding diaryl/α,β-unsaturated/α-hetero) is 1. The van der Waals surface area contributed by atoms with Crippen molar-refractivity contribution in [3.05, 3.63) is 88.7 Å². The van der Waals surface area contributed by atoms with E-state index in [9.17, 15) is 9.59 Å². The summed E-state index contributed by atoms with van der Waals surface area (Å²) in [4.78, 5) is 24.8. The Kier molecular flexibility index (Phi) is 5.00. The van der Waals surface area contributed by atoms with Crippen molar-refractivity contribution >= 4 is 29.0 Å². The van der Waals surface area contributed by atoms with Crippen LogP contribution in [0.15, 0.2) is 66.9 Å². The van der Waals surface area contributed by atoms with E-state index < -0.39 is 11.7 Å². The number of rotatable bonds is 5. The summed E-state index contributed by atoms with van der Waals surface area (Å²) in [5.41, 5.74) is 2.98. The minimum Gasteiger partial charge on any atom is -0.340 e. The lowest BCUT2D eigenvalue weighted by atomic mass is 10.1. The van der Waals surface area contributed by atoms with Crippen molar-refractivity contribution in [2.24, 2.45) is 0 Å². The van der Waals surface area contributed by atoms with Crippen LogP contribution in [0.1, 0.15) is 21.6 Å². The van der Waals surface area contributed by atoms with E-state index in [0.717, 1.165) is 5.56 Å². The van der Waals surface area contributed by atoms with Gasteiger partial charge in [0, 0.05) is 12.7 Å². The van der Waals surface area contributed by atoms with Gasteiger partial charge in [-0.15, -0.1) is 0 Å². The van der Waals surface area contributed by atoms with E-state index >= 15 is 0 Å².